The minimum Gasteiger partial charge on any atom is -0.449 e. The number of hydrogen-bond acceptors (Lipinski definition) is 5. The van der Waals surface area contributed by atoms with Crippen LogP contribution in [0.15, 0.2) is 35.1 Å². The summed E-state index contributed by atoms with van der Waals surface area (Å²) in [4.78, 5) is 41.8. The van der Waals surface area contributed by atoms with Crippen molar-refractivity contribution in [2.45, 2.75) is 33.7 Å². The predicted molar refractivity (Wildman–Crippen MR) is 123 cm³/mol. The number of rotatable bonds is 6. The van der Waals surface area contributed by atoms with Crippen molar-refractivity contribution in [3.63, 3.8) is 0 Å². The summed E-state index contributed by atoms with van der Waals surface area (Å²) in [5, 5.41) is 2.83. The standard InChI is InChI=1S/C23H33N5O4/c1-16(2)15-32-23(31)27-13-11-26(12-14-27)18(4)21(29)24-20-17(3)25(5)28(22(20)30)19-9-7-6-8-10-19/h6-10,16,18H,11-15H2,1-5H3,(H,24,29). The zero-order chi connectivity index (χ0) is 23.4. The highest BCUT2D eigenvalue weighted by atomic mass is 16.6. The molecule has 1 aromatic heterocycles. The number of ether oxygens (including phenoxy) is 1. The Bertz CT molecular complexity index is 1000. The fraction of sp³-hybridized carbons (Fsp3) is 0.522. The van der Waals surface area contributed by atoms with Gasteiger partial charge in [0.05, 0.1) is 24.0 Å². The van der Waals surface area contributed by atoms with E-state index in [0.29, 0.717) is 38.5 Å². The second-order valence-corrected chi connectivity index (χ2v) is 8.60. The first-order chi connectivity index (χ1) is 15.2. The maximum Gasteiger partial charge on any atom is 0.409 e. The van der Waals surface area contributed by atoms with Crippen molar-refractivity contribution in [3.8, 4) is 5.69 Å². The van der Waals surface area contributed by atoms with Crippen LogP contribution in [0.1, 0.15) is 26.5 Å². The molecule has 2 amide bonds. The van der Waals surface area contributed by atoms with Crippen LogP contribution in [-0.2, 0) is 16.6 Å². The molecular formula is C23H33N5O4. The molecule has 0 radical (unpaired) electrons. The first-order valence-corrected chi connectivity index (χ1v) is 11.0. The summed E-state index contributed by atoms with van der Waals surface area (Å²) in [5.74, 6) is 0.0451. The summed E-state index contributed by atoms with van der Waals surface area (Å²) in [7, 11) is 1.79. The molecule has 2 heterocycles. The zero-order valence-corrected chi connectivity index (χ0v) is 19.5. The molecule has 1 saturated heterocycles. The summed E-state index contributed by atoms with van der Waals surface area (Å²) in [6.45, 7) is 10.1. The predicted octanol–water partition coefficient (Wildman–Crippen LogP) is 2.22. The molecule has 1 fully saturated rings. The highest BCUT2D eigenvalue weighted by Crippen LogP contribution is 2.16. The SMILES string of the molecule is Cc1c(NC(=O)C(C)N2CCN(C(=O)OCC(C)C)CC2)c(=O)n(-c2ccccc2)n1C. The summed E-state index contributed by atoms with van der Waals surface area (Å²) >= 11 is 0. The summed E-state index contributed by atoms with van der Waals surface area (Å²) in [6, 6.07) is 8.87. The minimum atomic E-state index is -0.437. The molecule has 1 unspecified atom stereocenters. The Hall–Kier alpha value is -3.07. The van der Waals surface area contributed by atoms with Gasteiger partial charge < -0.3 is 15.0 Å². The van der Waals surface area contributed by atoms with E-state index in [-0.39, 0.29) is 29.2 Å². The van der Waals surface area contributed by atoms with Crippen molar-refractivity contribution in [1.82, 2.24) is 19.2 Å². The Labute approximate surface area is 188 Å². The van der Waals surface area contributed by atoms with Crippen molar-refractivity contribution in [1.29, 1.82) is 0 Å². The quantitative estimate of drug-likeness (QED) is 0.740. The molecule has 9 nitrogen and oxygen atoms in total. The van der Waals surface area contributed by atoms with Gasteiger partial charge in [0.25, 0.3) is 5.56 Å². The van der Waals surface area contributed by atoms with Crippen LogP contribution in [0.4, 0.5) is 10.5 Å². The number of carbonyl (C=O) groups is 2. The topological polar surface area (TPSA) is 88.8 Å². The molecule has 1 aromatic carbocycles. The lowest BCUT2D eigenvalue weighted by Gasteiger charge is -2.36. The number of para-hydroxylation sites is 1. The Balaban J connectivity index is 1.64. The van der Waals surface area contributed by atoms with E-state index in [9.17, 15) is 14.4 Å². The average Bonchev–Trinajstić information content (AvgIpc) is 3.00. The average molecular weight is 444 g/mol. The van der Waals surface area contributed by atoms with Gasteiger partial charge in [0.15, 0.2) is 0 Å². The molecule has 1 N–H and O–H groups in total. The Morgan fingerprint density at radius 1 is 1.06 bits per heavy atom. The van der Waals surface area contributed by atoms with Crippen LogP contribution in [-0.4, -0.2) is 70.0 Å². The molecule has 0 saturated carbocycles. The summed E-state index contributed by atoms with van der Waals surface area (Å²) < 4.78 is 8.57. The molecule has 2 aromatic rings. The number of carbonyl (C=O) groups excluding carboxylic acids is 2. The number of benzene rings is 1. The lowest BCUT2D eigenvalue weighted by molar-refractivity contribution is -0.121. The molecule has 32 heavy (non-hydrogen) atoms. The third kappa shape index (κ3) is 5.04. The fourth-order valence-corrected chi connectivity index (χ4v) is 3.73. The van der Waals surface area contributed by atoms with Gasteiger partial charge in [-0.05, 0) is 31.9 Å². The number of hydrogen-bond donors (Lipinski definition) is 1. The van der Waals surface area contributed by atoms with Gasteiger partial charge in [0.2, 0.25) is 5.91 Å². The van der Waals surface area contributed by atoms with Crippen molar-refractivity contribution >= 4 is 17.7 Å². The Morgan fingerprint density at radius 3 is 2.28 bits per heavy atom. The smallest absolute Gasteiger partial charge is 0.409 e. The fourth-order valence-electron chi connectivity index (χ4n) is 3.73. The minimum absolute atomic E-state index is 0.244. The number of nitrogens with zero attached hydrogens (tertiary/aromatic N) is 4. The lowest BCUT2D eigenvalue weighted by Crippen LogP contribution is -2.54. The van der Waals surface area contributed by atoms with Crippen molar-refractivity contribution in [2.75, 3.05) is 38.1 Å². The molecule has 1 aliphatic heterocycles. The van der Waals surface area contributed by atoms with Crippen LogP contribution in [0, 0.1) is 12.8 Å². The highest BCUT2D eigenvalue weighted by molar-refractivity contribution is 5.95. The number of anilines is 1. The zero-order valence-electron chi connectivity index (χ0n) is 19.5. The number of nitrogens with one attached hydrogen (secondary N) is 1. The molecule has 0 spiro atoms. The number of aromatic nitrogens is 2. The van der Waals surface area contributed by atoms with E-state index in [4.69, 9.17) is 4.74 Å². The van der Waals surface area contributed by atoms with Gasteiger partial charge in [-0.3, -0.25) is 19.2 Å². The molecular weight excluding hydrogens is 410 g/mol. The van der Waals surface area contributed by atoms with Crippen LogP contribution in [0.25, 0.3) is 5.69 Å². The third-order valence-corrected chi connectivity index (χ3v) is 5.84. The second kappa shape index (κ2) is 10.0. The third-order valence-electron chi connectivity index (χ3n) is 5.84. The summed E-state index contributed by atoms with van der Waals surface area (Å²) in [6.07, 6.45) is -0.308. The molecule has 0 aliphatic carbocycles. The van der Waals surface area contributed by atoms with E-state index in [0.717, 1.165) is 5.69 Å². The van der Waals surface area contributed by atoms with Gasteiger partial charge in [-0.1, -0.05) is 32.0 Å². The van der Waals surface area contributed by atoms with Crippen molar-refractivity contribution in [2.24, 2.45) is 13.0 Å². The first-order valence-electron chi connectivity index (χ1n) is 11.0. The van der Waals surface area contributed by atoms with Crippen molar-refractivity contribution < 1.29 is 14.3 Å². The van der Waals surface area contributed by atoms with Crippen molar-refractivity contribution in [3.05, 3.63) is 46.4 Å². The maximum absolute atomic E-state index is 13.0. The second-order valence-electron chi connectivity index (χ2n) is 8.60. The maximum atomic E-state index is 13.0. The van der Waals surface area contributed by atoms with E-state index in [2.05, 4.69) is 5.32 Å². The van der Waals surface area contributed by atoms with Crippen LogP contribution in [0.5, 0.6) is 0 Å². The first kappa shape index (κ1) is 23.6. The van der Waals surface area contributed by atoms with E-state index >= 15 is 0 Å². The largest absolute Gasteiger partial charge is 0.449 e. The normalized spacial score (nSPS) is 15.6. The molecule has 9 heteroatoms. The molecule has 0 bridgehead atoms. The van der Waals surface area contributed by atoms with E-state index in [1.165, 1.54) is 4.68 Å². The van der Waals surface area contributed by atoms with E-state index in [1.807, 2.05) is 62.9 Å². The highest BCUT2D eigenvalue weighted by Gasteiger charge is 2.29. The van der Waals surface area contributed by atoms with Gasteiger partial charge in [-0.2, -0.15) is 0 Å². The summed E-state index contributed by atoms with van der Waals surface area (Å²) in [5.41, 5.74) is 1.42. The van der Waals surface area contributed by atoms with Crippen LogP contribution < -0.4 is 10.9 Å². The Kier molecular flexibility index (Phi) is 7.40. The van der Waals surface area contributed by atoms with Gasteiger partial charge in [-0.25, -0.2) is 9.48 Å². The molecule has 3 rings (SSSR count). The van der Waals surface area contributed by atoms with Crippen LogP contribution in [0.2, 0.25) is 0 Å². The van der Waals surface area contributed by atoms with Gasteiger partial charge in [0.1, 0.15) is 5.69 Å². The number of amides is 2. The van der Waals surface area contributed by atoms with E-state index in [1.54, 1.807) is 16.6 Å². The Morgan fingerprint density at radius 2 is 1.69 bits per heavy atom. The molecule has 174 valence electrons. The molecule has 1 atom stereocenters. The lowest BCUT2D eigenvalue weighted by atomic mass is 10.2. The van der Waals surface area contributed by atoms with E-state index < -0.39 is 6.04 Å². The van der Waals surface area contributed by atoms with Gasteiger partial charge >= 0.3 is 6.09 Å². The number of piperazine rings is 1. The van der Waals surface area contributed by atoms with Gasteiger partial charge in [-0.15, -0.1) is 0 Å². The van der Waals surface area contributed by atoms with Crippen LogP contribution in [0.3, 0.4) is 0 Å². The molecule has 1 aliphatic rings. The monoisotopic (exact) mass is 443 g/mol. The van der Waals surface area contributed by atoms with Gasteiger partial charge in [0, 0.05) is 33.2 Å². The van der Waals surface area contributed by atoms with Crippen LogP contribution >= 0.6 is 0 Å².